The number of carbonyl (C=O) groups excluding carboxylic acids is 2. The van der Waals surface area contributed by atoms with E-state index in [0.29, 0.717) is 37.8 Å². The molecular formula is C25H33N3O5. The Balaban J connectivity index is 1.42. The van der Waals surface area contributed by atoms with Gasteiger partial charge in [-0.05, 0) is 55.9 Å². The zero-order valence-electron chi connectivity index (χ0n) is 19.5. The highest BCUT2D eigenvalue weighted by atomic mass is 16.5. The summed E-state index contributed by atoms with van der Waals surface area (Å²) in [5.74, 6) is 1.78. The summed E-state index contributed by atoms with van der Waals surface area (Å²) in [5, 5.41) is 4.02. The van der Waals surface area contributed by atoms with Gasteiger partial charge in [-0.3, -0.25) is 9.59 Å². The third-order valence-electron chi connectivity index (χ3n) is 6.57. The number of likely N-dealkylation sites (tertiary alicyclic amines) is 1. The van der Waals surface area contributed by atoms with E-state index in [-0.39, 0.29) is 23.6 Å². The van der Waals surface area contributed by atoms with E-state index < -0.39 is 0 Å². The second kappa shape index (κ2) is 10.8. The highest BCUT2D eigenvalue weighted by molar-refractivity contribution is 5.93. The van der Waals surface area contributed by atoms with Gasteiger partial charge in [-0.25, -0.2) is 0 Å². The highest BCUT2D eigenvalue weighted by Crippen LogP contribution is 2.24. The normalized spacial score (nSPS) is 19.0. The van der Waals surface area contributed by atoms with Gasteiger partial charge in [0.05, 0.1) is 13.2 Å². The Bertz CT molecular complexity index is 928. The van der Waals surface area contributed by atoms with Gasteiger partial charge in [-0.1, -0.05) is 12.1 Å². The molecule has 2 aliphatic heterocycles. The first kappa shape index (κ1) is 23.3. The number of nitrogens with zero attached hydrogens (tertiary/aromatic N) is 3. The predicted molar refractivity (Wildman–Crippen MR) is 123 cm³/mol. The van der Waals surface area contributed by atoms with Crippen molar-refractivity contribution in [3.05, 3.63) is 36.0 Å². The Morgan fingerprint density at radius 1 is 1.18 bits per heavy atom. The van der Waals surface area contributed by atoms with Crippen LogP contribution in [0.3, 0.4) is 0 Å². The van der Waals surface area contributed by atoms with Gasteiger partial charge >= 0.3 is 0 Å². The van der Waals surface area contributed by atoms with Crippen molar-refractivity contribution < 1.29 is 23.6 Å². The van der Waals surface area contributed by atoms with Crippen molar-refractivity contribution in [1.29, 1.82) is 0 Å². The molecule has 33 heavy (non-hydrogen) atoms. The quantitative estimate of drug-likeness (QED) is 0.604. The number of carbonyl (C=O) groups is 2. The largest absolute Gasteiger partial charge is 0.497 e. The molecule has 2 amide bonds. The van der Waals surface area contributed by atoms with Crippen molar-refractivity contribution in [1.82, 2.24) is 15.0 Å². The predicted octanol–water partition coefficient (Wildman–Crippen LogP) is 3.62. The summed E-state index contributed by atoms with van der Waals surface area (Å²) in [6.45, 7) is 5.33. The van der Waals surface area contributed by atoms with Crippen LogP contribution in [0, 0.1) is 5.92 Å². The number of rotatable bonds is 8. The summed E-state index contributed by atoms with van der Waals surface area (Å²) in [6, 6.07) is 9.03. The van der Waals surface area contributed by atoms with Gasteiger partial charge in [0.1, 0.15) is 5.75 Å². The molecule has 1 unspecified atom stereocenters. The smallest absolute Gasteiger partial charge is 0.276 e. The molecule has 0 radical (unpaired) electrons. The van der Waals surface area contributed by atoms with Crippen LogP contribution in [0.4, 0.5) is 0 Å². The fraction of sp³-hybridized carbons (Fsp3) is 0.560. The molecule has 178 valence electrons. The number of methoxy groups -OCH3 is 1. The van der Waals surface area contributed by atoms with Crippen molar-refractivity contribution in [3.8, 4) is 17.1 Å². The molecule has 0 spiro atoms. The lowest BCUT2D eigenvalue weighted by Gasteiger charge is -2.31. The first-order valence-electron chi connectivity index (χ1n) is 11.8. The number of ether oxygens (including phenoxy) is 2. The van der Waals surface area contributed by atoms with E-state index in [9.17, 15) is 9.59 Å². The van der Waals surface area contributed by atoms with Crippen LogP contribution in [0.2, 0.25) is 0 Å². The minimum absolute atomic E-state index is 0.00662. The molecule has 1 aromatic heterocycles. The zero-order valence-corrected chi connectivity index (χ0v) is 19.5. The molecule has 2 saturated heterocycles. The van der Waals surface area contributed by atoms with Crippen LogP contribution >= 0.6 is 0 Å². The number of piperidine rings is 1. The molecule has 0 bridgehead atoms. The average molecular weight is 456 g/mol. The minimum atomic E-state index is -0.242. The molecule has 1 atom stereocenters. The SMILES string of the molecule is COc1ccc(-c2cc(C(=O)N(CCC(=O)N3CCC(C)CC3)CC3CCCO3)no2)cc1. The topological polar surface area (TPSA) is 85.1 Å². The van der Waals surface area contributed by atoms with Crippen LogP contribution in [0.1, 0.15) is 49.5 Å². The summed E-state index contributed by atoms with van der Waals surface area (Å²) < 4.78 is 16.4. The van der Waals surface area contributed by atoms with E-state index in [1.54, 1.807) is 18.1 Å². The summed E-state index contributed by atoms with van der Waals surface area (Å²) in [6.07, 6.45) is 4.28. The maximum absolute atomic E-state index is 13.3. The third kappa shape index (κ3) is 5.93. The van der Waals surface area contributed by atoms with Gasteiger partial charge in [-0.2, -0.15) is 0 Å². The van der Waals surface area contributed by atoms with Crippen molar-refractivity contribution in [2.45, 2.75) is 45.1 Å². The Hall–Kier alpha value is -2.87. The summed E-state index contributed by atoms with van der Waals surface area (Å²) in [7, 11) is 1.61. The second-order valence-corrected chi connectivity index (χ2v) is 9.00. The lowest BCUT2D eigenvalue weighted by Crippen LogP contribution is -2.42. The van der Waals surface area contributed by atoms with Gasteiger partial charge < -0.3 is 23.8 Å². The third-order valence-corrected chi connectivity index (χ3v) is 6.57. The molecular weight excluding hydrogens is 422 g/mol. The molecule has 1 aromatic carbocycles. The fourth-order valence-corrected chi connectivity index (χ4v) is 4.39. The lowest BCUT2D eigenvalue weighted by molar-refractivity contribution is -0.132. The molecule has 8 nitrogen and oxygen atoms in total. The summed E-state index contributed by atoms with van der Waals surface area (Å²) in [4.78, 5) is 29.7. The first-order valence-corrected chi connectivity index (χ1v) is 11.8. The van der Waals surface area contributed by atoms with Crippen molar-refractivity contribution in [2.24, 2.45) is 5.92 Å². The van der Waals surface area contributed by atoms with Gasteiger partial charge in [0.2, 0.25) is 5.91 Å². The van der Waals surface area contributed by atoms with Crippen LogP contribution in [0.5, 0.6) is 5.75 Å². The van der Waals surface area contributed by atoms with Crippen molar-refractivity contribution >= 4 is 11.8 Å². The van der Waals surface area contributed by atoms with Crippen LogP contribution < -0.4 is 4.74 Å². The zero-order chi connectivity index (χ0) is 23.2. The fourth-order valence-electron chi connectivity index (χ4n) is 4.39. The van der Waals surface area contributed by atoms with Gasteiger partial charge in [0.15, 0.2) is 11.5 Å². The first-order chi connectivity index (χ1) is 16.0. The van der Waals surface area contributed by atoms with E-state index in [4.69, 9.17) is 14.0 Å². The molecule has 2 aliphatic rings. The summed E-state index contributed by atoms with van der Waals surface area (Å²) in [5.41, 5.74) is 1.04. The van der Waals surface area contributed by atoms with Crippen LogP contribution in [0.15, 0.2) is 34.9 Å². The number of benzene rings is 1. The molecule has 0 saturated carbocycles. The average Bonchev–Trinajstić information content (AvgIpc) is 3.54. The standard InChI is InChI=1S/C25H33N3O5/c1-18-9-12-27(13-10-18)24(29)11-14-28(17-21-4-3-15-32-21)25(30)22-16-23(33-26-22)19-5-7-20(31-2)8-6-19/h5-8,16,18,21H,3-4,9-15,17H2,1-2H3. The van der Waals surface area contributed by atoms with Gasteiger partial charge in [0, 0.05) is 50.8 Å². The number of amides is 2. The van der Waals surface area contributed by atoms with E-state index in [0.717, 1.165) is 50.1 Å². The van der Waals surface area contributed by atoms with Crippen LogP contribution in [0.25, 0.3) is 11.3 Å². The molecule has 8 heteroatoms. The molecule has 3 heterocycles. The van der Waals surface area contributed by atoms with Crippen molar-refractivity contribution in [3.63, 3.8) is 0 Å². The monoisotopic (exact) mass is 455 g/mol. The van der Waals surface area contributed by atoms with Gasteiger partial charge in [-0.15, -0.1) is 0 Å². The Labute approximate surface area is 194 Å². The maximum atomic E-state index is 13.3. The minimum Gasteiger partial charge on any atom is -0.497 e. The number of hydrogen-bond donors (Lipinski definition) is 0. The Kier molecular flexibility index (Phi) is 7.65. The summed E-state index contributed by atoms with van der Waals surface area (Å²) >= 11 is 0. The molecule has 4 rings (SSSR count). The Morgan fingerprint density at radius 2 is 1.94 bits per heavy atom. The highest BCUT2D eigenvalue weighted by Gasteiger charge is 2.27. The molecule has 0 aliphatic carbocycles. The van der Waals surface area contributed by atoms with E-state index >= 15 is 0 Å². The molecule has 2 fully saturated rings. The number of aromatic nitrogens is 1. The van der Waals surface area contributed by atoms with Crippen LogP contribution in [-0.4, -0.2) is 72.8 Å². The van der Waals surface area contributed by atoms with Crippen molar-refractivity contribution in [2.75, 3.05) is 39.9 Å². The second-order valence-electron chi connectivity index (χ2n) is 9.00. The lowest BCUT2D eigenvalue weighted by atomic mass is 9.99. The number of hydrogen-bond acceptors (Lipinski definition) is 6. The molecule has 2 aromatic rings. The van der Waals surface area contributed by atoms with Gasteiger partial charge in [0.25, 0.3) is 5.91 Å². The van der Waals surface area contributed by atoms with E-state index in [1.165, 1.54) is 0 Å². The maximum Gasteiger partial charge on any atom is 0.276 e. The van der Waals surface area contributed by atoms with E-state index in [2.05, 4.69) is 12.1 Å². The van der Waals surface area contributed by atoms with E-state index in [1.807, 2.05) is 29.2 Å². The molecule has 0 N–H and O–H groups in total. The Morgan fingerprint density at radius 3 is 2.61 bits per heavy atom. The van der Waals surface area contributed by atoms with Crippen LogP contribution in [-0.2, 0) is 9.53 Å².